The van der Waals surface area contributed by atoms with Crippen molar-refractivity contribution < 1.29 is 0 Å². The molecule has 2 atom stereocenters. The summed E-state index contributed by atoms with van der Waals surface area (Å²) in [6.45, 7) is 8.99. The first-order valence-corrected chi connectivity index (χ1v) is 9.23. The van der Waals surface area contributed by atoms with Gasteiger partial charge in [0.15, 0.2) is 0 Å². The molecule has 3 heteroatoms. The highest BCUT2D eigenvalue weighted by Gasteiger charge is 2.31. The lowest BCUT2D eigenvalue weighted by atomic mass is 9.81. The Bertz CT molecular complexity index is 414. The molecule has 1 saturated heterocycles. The Hall–Kier alpha value is -0.510. The van der Waals surface area contributed by atoms with Gasteiger partial charge < -0.3 is 10.2 Å². The molecule has 1 aliphatic heterocycles. The first-order valence-electron chi connectivity index (χ1n) is 8.08. The summed E-state index contributed by atoms with van der Waals surface area (Å²) in [5.74, 6) is 2.61. The van der Waals surface area contributed by atoms with Crippen molar-refractivity contribution in [2.45, 2.75) is 44.7 Å². The number of likely N-dealkylation sites (N-methyl/N-ethyl adjacent to an activating group) is 1. The van der Waals surface area contributed by atoms with Crippen LogP contribution in [0.2, 0.25) is 0 Å². The van der Waals surface area contributed by atoms with Crippen molar-refractivity contribution >= 4 is 11.8 Å². The standard InChI is InChI=1S/C18H30N2S/c1-15(2)19-13-18(3,16-8-6-5-7-9-16)14-20(4)17-10-11-21-12-17/h5-9,15,17,19H,10-14H2,1-4H3. The molecule has 0 radical (unpaired) electrons. The molecule has 1 aromatic rings. The third-order valence-electron chi connectivity index (χ3n) is 4.50. The summed E-state index contributed by atoms with van der Waals surface area (Å²) in [7, 11) is 2.30. The van der Waals surface area contributed by atoms with Gasteiger partial charge in [-0.3, -0.25) is 0 Å². The van der Waals surface area contributed by atoms with E-state index in [1.54, 1.807) is 0 Å². The van der Waals surface area contributed by atoms with Gasteiger partial charge in [-0.15, -0.1) is 0 Å². The van der Waals surface area contributed by atoms with Gasteiger partial charge in [-0.25, -0.2) is 0 Å². The van der Waals surface area contributed by atoms with Gasteiger partial charge in [0, 0.05) is 36.3 Å². The molecule has 0 bridgehead atoms. The predicted molar refractivity (Wildman–Crippen MR) is 95.3 cm³/mol. The minimum Gasteiger partial charge on any atom is -0.314 e. The molecule has 21 heavy (non-hydrogen) atoms. The average molecular weight is 307 g/mol. The van der Waals surface area contributed by atoms with Gasteiger partial charge in [-0.05, 0) is 24.8 Å². The first-order chi connectivity index (χ1) is 10.0. The van der Waals surface area contributed by atoms with E-state index in [0.29, 0.717) is 6.04 Å². The SMILES string of the molecule is CC(C)NCC(C)(CN(C)C1CCSC1)c1ccccc1. The Kier molecular flexibility index (Phi) is 6.15. The minimum absolute atomic E-state index is 0.160. The number of hydrogen-bond donors (Lipinski definition) is 1. The molecule has 0 spiro atoms. The van der Waals surface area contributed by atoms with Crippen molar-refractivity contribution in [3.63, 3.8) is 0 Å². The van der Waals surface area contributed by atoms with Crippen molar-refractivity contribution in [1.29, 1.82) is 0 Å². The quantitative estimate of drug-likeness (QED) is 0.831. The lowest BCUT2D eigenvalue weighted by Gasteiger charge is -2.37. The molecule has 0 aromatic heterocycles. The highest BCUT2D eigenvalue weighted by atomic mass is 32.2. The molecule has 118 valence electrons. The molecular formula is C18H30N2S. The second kappa shape index (κ2) is 7.66. The number of thioether (sulfide) groups is 1. The van der Waals surface area contributed by atoms with E-state index in [1.807, 2.05) is 0 Å². The van der Waals surface area contributed by atoms with Gasteiger partial charge in [-0.2, -0.15) is 11.8 Å². The lowest BCUT2D eigenvalue weighted by molar-refractivity contribution is 0.201. The molecule has 1 aromatic carbocycles. The van der Waals surface area contributed by atoms with Crippen LogP contribution in [0.4, 0.5) is 0 Å². The largest absolute Gasteiger partial charge is 0.314 e. The summed E-state index contributed by atoms with van der Waals surface area (Å²) in [5.41, 5.74) is 1.60. The summed E-state index contributed by atoms with van der Waals surface area (Å²) in [6.07, 6.45) is 1.34. The molecule has 0 aliphatic carbocycles. The van der Waals surface area contributed by atoms with Crippen LogP contribution < -0.4 is 5.32 Å². The monoisotopic (exact) mass is 306 g/mol. The smallest absolute Gasteiger partial charge is 0.0191 e. The van der Waals surface area contributed by atoms with E-state index in [4.69, 9.17) is 0 Å². The van der Waals surface area contributed by atoms with Crippen LogP contribution in [-0.2, 0) is 5.41 Å². The van der Waals surface area contributed by atoms with Crippen molar-refractivity contribution in [3.05, 3.63) is 35.9 Å². The van der Waals surface area contributed by atoms with E-state index in [0.717, 1.165) is 19.1 Å². The zero-order valence-electron chi connectivity index (χ0n) is 13.9. The fourth-order valence-electron chi connectivity index (χ4n) is 3.07. The van der Waals surface area contributed by atoms with Crippen molar-refractivity contribution in [3.8, 4) is 0 Å². The molecule has 2 rings (SSSR count). The zero-order valence-corrected chi connectivity index (χ0v) is 14.7. The van der Waals surface area contributed by atoms with Crippen LogP contribution in [0.25, 0.3) is 0 Å². The van der Waals surface area contributed by atoms with E-state index in [-0.39, 0.29) is 5.41 Å². The molecule has 1 aliphatic rings. The van der Waals surface area contributed by atoms with E-state index in [2.05, 4.69) is 80.1 Å². The molecular weight excluding hydrogens is 276 g/mol. The molecule has 0 amide bonds. The van der Waals surface area contributed by atoms with Gasteiger partial charge in [-0.1, -0.05) is 51.1 Å². The summed E-state index contributed by atoms with van der Waals surface area (Å²) in [4.78, 5) is 2.58. The summed E-state index contributed by atoms with van der Waals surface area (Å²) in [6, 6.07) is 12.3. The molecule has 1 heterocycles. The number of benzene rings is 1. The van der Waals surface area contributed by atoms with Crippen molar-refractivity contribution in [2.75, 3.05) is 31.6 Å². The maximum atomic E-state index is 3.65. The van der Waals surface area contributed by atoms with Gasteiger partial charge in [0.2, 0.25) is 0 Å². The predicted octanol–water partition coefficient (Wildman–Crippen LogP) is 3.38. The molecule has 1 fully saturated rings. The Balaban J connectivity index is 2.11. The third kappa shape index (κ3) is 4.73. The van der Waals surface area contributed by atoms with Crippen molar-refractivity contribution in [2.24, 2.45) is 0 Å². The van der Waals surface area contributed by atoms with E-state index >= 15 is 0 Å². The second-order valence-electron chi connectivity index (χ2n) is 6.89. The Labute approximate surface area is 134 Å². The maximum absolute atomic E-state index is 3.65. The number of nitrogens with one attached hydrogen (secondary N) is 1. The van der Waals surface area contributed by atoms with Crippen molar-refractivity contribution in [1.82, 2.24) is 10.2 Å². The van der Waals surface area contributed by atoms with Crippen LogP contribution in [0, 0.1) is 0 Å². The Morgan fingerprint density at radius 1 is 1.33 bits per heavy atom. The molecule has 0 saturated carbocycles. The molecule has 1 N–H and O–H groups in total. The molecule has 2 nitrogen and oxygen atoms in total. The lowest BCUT2D eigenvalue weighted by Crippen LogP contribution is -2.48. The Morgan fingerprint density at radius 3 is 2.62 bits per heavy atom. The molecule has 2 unspecified atom stereocenters. The summed E-state index contributed by atoms with van der Waals surface area (Å²) in [5, 5.41) is 3.65. The van der Waals surface area contributed by atoms with Crippen LogP contribution in [0.5, 0.6) is 0 Å². The zero-order chi connectivity index (χ0) is 15.3. The van der Waals surface area contributed by atoms with E-state index < -0.39 is 0 Å². The summed E-state index contributed by atoms with van der Waals surface area (Å²) >= 11 is 2.09. The second-order valence-corrected chi connectivity index (χ2v) is 8.04. The number of rotatable bonds is 7. The topological polar surface area (TPSA) is 15.3 Å². The number of hydrogen-bond acceptors (Lipinski definition) is 3. The maximum Gasteiger partial charge on any atom is 0.0191 e. The van der Waals surface area contributed by atoms with Gasteiger partial charge in [0.1, 0.15) is 0 Å². The fourth-order valence-corrected chi connectivity index (χ4v) is 4.37. The minimum atomic E-state index is 0.160. The van der Waals surface area contributed by atoms with E-state index in [9.17, 15) is 0 Å². The Morgan fingerprint density at radius 2 is 2.05 bits per heavy atom. The normalized spacial score (nSPS) is 21.9. The fraction of sp³-hybridized carbons (Fsp3) is 0.667. The van der Waals surface area contributed by atoms with Gasteiger partial charge in [0.05, 0.1) is 0 Å². The first kappa shape index (κ1) is 16.9. The van der Waals surface area contributed by atoms with Crippen LogP contribution in [0.15, 0.2) is 30.3 Å². The van der Waals surface area contributed by atoms with Crippen LogP contribution in [0.1, 0.15) is 32.8 Å². The third-order valence-corrected chi connectivity index (χ3v) is 5.64. The van der Waals surface area contributed by atoms with Gasteiger partial charge in [0.25, 0.3) is 0 Å². The van der Waals surface area contributed by atoms with Gasteiger partial charge >= 0.3 is 0 Å². The van der Waals surface area contributed by atoms with Crippen LogP contribution >= 0.6 is 11.8 Å². The van der Waals surface area contributed by atoms with Crippen LogP contribution in [-0.4, -0.2) is 48.6 Å². The summed E-state index contributed by atoms with van der Waals surface area (Å²) < 4.78 is 0. The highest BCUT2D eigenvalue weighted by molar-refractivity contribution is 7.99. The average Bonchev–Trinajstić information content (AvgIpc) is 3.00. The van der Waals surface area contributed by atoms with Crippen LogP contribution in [0.3, 0.4) is 0 Å². The number of nitrogens with zero attached hydrogens (tertiary/aromatic N) is 1. The van der Waals surface area contributed by atoms with E-state index in [1.165, 1.54) is 23.5 Å². The highest BCUT2D eigenvalue weighted by Crippen LogP contribution is 2.28.